The zero-order valence-corrected chi connectivity index (χ0v) is 9.72. The molecule has 1 aliphatic heterocycles. The van der Waals surface area contributed by atoms with Gasteiger partial charge < -0.3 is 25.6 Å². The number of ether oxygens (including phenoxy) is 2. The van der Waals surface area contributed by atoms with Gasteiger partial charge in [-0.3, -0.25) is 9.59 Å². The number of primary amides is 1. The molecule has 0 saturated carbocycles. The number of aliphatic hydroxyl groups excluding tert-OH is 1. The summed E-state index contributed by atoms with van der Waals surface area (Å²) in [4.78, 5) is 22.8. The summed E-state index contributed by atoms with van der Waals surface area (Å²) in [6.45, 7) is 2.74. The zero-order chi connectivity index (χ0) is 12.8. The minimum atomic E-state index is -1.09. The largest absolute Gasteiger partial charge is 0.391 e. The van der Waals surface area contributed by atoms with Crippen LogP contribution >= 0.6 is 0 Å². The van der Waals surface area contributed by atoms with E-state index in [-0.39, 0.29) is 13.2 Å². The van der Waals surface area contributed by atoms with Crippen LogP contribution in [0.4, 0.5) is 0 Å². The van der Waals surface area contributed by atoms with E-state index < -0.39 is 29.9 Å². The Morgan fingerprint density at radius 2 is 1.88 bits per heavy atom. The molecule has 98 valence electrons. The molecule has 2 amide bonds. The predicted molar refractivity (Wildman–Crippen MR) is 57.9 cm³/mol. The van der Waals surface area contributed by atoms with Gasteiger partial charge in [0, 0.05) is 0 Å². The second-order valence-corrected chi connectivity index (χ2v) is 3.98. The van der Waals surface area contributed by atoms with Crippen LogP contribution in [-0.4, -0.2) is 55.5 Å². The van der Waals surface area contributed by atoms with Crippen molar-refractivity contribution in [3.63, 3.8) is 0 Å². The topological polar surface area (TPSA) is 111 Å². The number of aliphatic hydroxyl groups is 1. The van der Waals surface area contributed by atoms with E-state index in [9.17, 15) is 14.7 Å². The average molecular weight is 246 g/mol. The van der Waals surface area contributed by atoms with Crippen LogP contribution in [0.5, 0.6) is 0 Å². The first kappa shape index (κ1) is 13.9. The maximum absolute atomic E-state index is 11.8. The smallest absolute Gasteiger partial charge is 0.242 e. The molecular formula is C10H18N2O5. The highest BCUT2D eigenvalue weighted by Gasteiger charge is 2.28. The SMILES string of the molecule is C[C@@H](O)[C@H](NC(=O)C1COCCOC1)C(N)=O. The number of hydrogen-bond acceptors (Lipinski definition) is 5. The Balaban J connectivity index is 2.53. The van der Waals surface area contributed by atoms with E-state index >= 15 is 0 Å². The van der Waals surface area contributed by atoms with E-state index in [4.69, 9.17) is 15.2 Å². The molecule has 0 unspecified atom stereocenters. The Hall–Kier alpha value is -1.18. The van der Waals surface area contributed by atoms with Crippen LogP contribution in [0.1, 0.15) is 6.92 Å². The number of rotatable bonds is 4. The van der Waals surface area contributed by atoms with Crippen molar-refractivity contribution in [2.45, 2.75) is 19.1 Å². The molecular weight excluding hydrogens is 228 g/mol. The first-order valence-corrected chi connectivity index (χ1v) is 5.45. The van der Waals surface area contributed by atoms with Gasteiger partial charge in [-0.1, -0.05) is 0 Å². The highest BCUT2D eigenvalue weighted by Crippen LogP contribution is 2.05. The molecule has 1 fully saturated rings. The Morgan fingerprint density at radius 3 is 2.29 bits per heavy atom. The van der Waals surface area contributed by atoms with Crippen LogP contribution in [0.2, 0.25) is 0 Å². The summed E-state index contributed by atoms with van der Waals surface area (Å²) in [5.74, 6) is -1.67. The van der Waals surface area contributed by atoms with Crippen molar-refractivity contribution in [3.05, 3.63) is 0 Å². The van der Waals surface area contributed by atoms with Crippen molar-refractivity contribution in [3.8, 4) is 0 Å². The third-order valence-corrected chi connectivity index (χ3v) is 2.47. The molecule has 0 aromatic rings. The fourth-order valence-corrected chi connectivity index (χ4v) is 1.47. The van der Waals surface area contributed by atoms with Gasteiger partial charge in [0.1, 0.15) is 6.04 Å². The maximum Gasteiger partial charge on any atom is 0.242 e. The molecule has 1 saturated heterocycles. The Morgan fingerprint density at radius 1 is 1.35 bits per heavy atom. The molecule has 1 heterocycles. The minimum absolute atomic E-state index is 0.233. The molecule has 7 heteroatoms. The van der Waals surface area contributed by atoms with Crippen LogP contribution < -0.4 is 11.1 Å². The average Bonchev–Trinajstić information content (AvgIpc) is 2.52. The number of amides is 2. The molecule has 0 aromatic carbocycles. The second kappa shape index (κ2) is 6.53. The van der Waals surface area contributed by atoms with Gasteiger partial charge in [-0.05, 0) is 6.92 Å². The van der Waals surface area contributed by atoms with Crippen molar-refractivity contribution in [2.24, 2.45) is 11.7 Å². The highest BCUT2D eigenvalue weighted by atomic mass is 16.5. The second-order valence-electron chi connectivity index (χ2n) is 3.98. The molecule has 0 bridgehead atoms. The lowest BCUT2D eigenvalue weighted by atomic mass is 10.1. The van der Waals surface area contributed by atoms with Gasteiger partial charge >= 0.3 is 0 Å². The van der Waals surface area contributed by atoms with E-state index in [0.717, 1.165) is 0 Å². The zero-order valence-electron chi connectivity index (χ0n) is 9.72. The van der Waals surface area contributed by atoms with E-state index in [0.29, 0.717) is 13.2 Å². The number of nitrogens with two attached hydrogens (primary N) is 1. The molecule has 7 nitrogen and oxygen atoms in total. The lowest BCUT2D eigenvalue weighted by molar-refractivity contribution is -0.133. The van der Waals surface area contributed by atoms with E-state index in [1.54, 1.807) is 0 Å². The molecule has 17 heavy (non-hydrogen) atoms. The number of carbonyl (C=O) groups excluding carboxylic acids is 2. The third kappa shape index (κ3) is 4.29. The summed E-state index contributed by atoms with van der Waals surface area (Å²) < 4.78 is 10.3. The van der Waals surface area contributed by atoms with Gasteiger partial charge in [-0.2, -0.15) is 0 Å². The summed E-state index contributed by atoms with van der Waals surface area (Å²) >= 11 is 0. The van der Waals surface area contributed by atoms with Gasteiger partial charge in [0.25, 0.3) is 0 Å². The number of nitrogens with one attached hydrogen (secondary N) is 1. The van der Waals surface area contributed by atoms with Gasteiger partial charge in [0.2, 0.25) is 11.8 Å². The molecule has 0 aromatic heterocycles. The standard InChI is InChI=1S/C10H18N2O5/c1-6(13)8(9(11)14)12-10(15)7-4-16-2-3-17-5-7/h6-8,13H,2-5H2,1H3,(H2,11,14)(H,12,15)/t6-,8+/m1/s1. The van der Waals surface area contributed by atoms with Gasteiger partial charge in [0.05, 0.1) is 38.4 Å². The molecule has 1 rings (SSSR count). The van der Waals surface area contributed by atoms with Crippen molar-refractivity contribution < 1.29 is 24.2 Å². The van der Waals surface area contributed by atoms with Crippen LogP contribution in [0.15, 0.2) is 0 Å². The van der Waals surface area contributed by atoms with Crippen LogP contribution in [0.25, 0.3) is 0 Å². The summed E-state index contributed by atoms with van der Waals surface area (Å²) in [7, 11) is 0. The Bertz CT molecular complexity index is 274. The normalized spacial score (nSPS) is 21.3. The molecule has 1 aliphatic rings. The predicted octanol–water partition coefficient (Wildman–Crippen LogP) is -2.00. The van der Waals surface area contributed by atoms with Crippen molar-refractivity contribution in [1.29, 1.82) is 0 Å². The summed E-state index contributed by atoms with van der Waals surface area (Å²) in [6, 6.07) is -1.09. The first-order valence-electron chi connectivity index (χ1n) is 5.45. The van der Waals surface area contributed by atoms with E-state index in [2.05, 4.69) is 5.32 Å². The third-order valence-electron chi connectivity index (χ3n) is 2.47. The van der Waals surface area contributed by atoms with E-state index in [1.165, 1.54) is 6.92 Å². The van der Waals surface area contributed by atoms with Crippen LogP contribution in [-0.2, 0) is 19.1 Å². The van der Waals surface area contributed by atoms with Crippen LogP contribution in [0.3, 0.4) is 0 Å². The van der Waals surface area contributed by atoms with Crippen molar-refractivity contribution >= 4 is 11.8 Å². The molecule has 0 spiro atoms. The highest BCUT2D eigenvalue weighted by molar-refractivity contribution is 5.88. The van der Waals surface area contributed by atoms with Gasteiger partial charge in [-0.25, -0.2) is 0 Å². The Labute approximate surface area is 99.3 Å². The fourth-order valence-electron chi connectivity index (χ4n) is 1.47. The summed E-state index contributed by atoms with van der Waals surface area (Å²) in [5, 5.41) is 11.7. The lowest BCUT2D eigenvalue weighted by Crippen LogP contribution is -2.53. The molecule has 2 atom stereocenters. The Kier molecular flexibility index (Phi) is 5.33. The first-order chi connectivity index (χ1) is 8.02. The summed E-state index contributed by atoms with van der Waals surface area (Å²) in [5.41, 5.74) is 5.07. The van der Waals surface area contributed by atoms with Crippen molar-refractivity contribution in [2.75, 3.05) is 26.4 Å². The maximum atomic E-state index is 11.8. The lowest BCUT2D eigenvalue weighted by Gasteiger charge is -2.21. The quantitative estimate of drug-likeness (QED) is 0.531. The van der Waals surface area contributed by atoms with Crippen LogP contribution in [0, 0.1) is 5.92 Å². The molecule has 0 aliphatic carbocycles. The fraction of sp³-hybridized carbons (Fsp3) is 0.800. The van der Waals surface area contributed by atoms with Gasteiger partial charge in [-0.15, -0.1) is 0 Å². The number of hydrogen-bond donors (Lipinski definition) is 3. The van der Waals surface area contributed by atoms with E-state index in [1.807, 2.05) is 0 Å². The summed E-state index contributed by atoms with van der Waals surface area (Å²) in [6.07, 6.45) is -1.04. The van der Waals surface area contributed by atoms with Gasteiger partial charge in [0.15, 0.2) is 0 Å². The molecule has 0 radical (unpaired) electrons. The molecule has 4 N–H and O–H groups in total. The monoisotopic (exact) mass is 246 g/mol. The number of carbonyl (C=O) groups is 2. The van der Waals surface area contributed by atoms with Crippen molar-refractivity contribution in [1.82, 2.24) is 5.32 Å². The minimum Gasteiger partial charge on any atom is -0.391 e.